The fourth-order valence-electron chi connectivity index (χ4n) is 3.64. The smallest absolute Gasteiger partial charge is 0.322 e. The summed E-state index contributed by atoms with van der Waals surface area (Å²) in [4.78, 5) is 14.8. The van der Waals surface area contributed by atoms with Crippen LogP contribution in [0.5, 0.6) is 0 Å². The van der Waals surface area contributed by atoms with Crippen molar-refractivity contribution in [1.29, 1.82) is 0 Å². The maximum absolute atomic E-state index is 14.6. The zero-order valence-electron chi connectivity index (χ0n) is 15.4. The average Bonchev–Trinajstić information content (AvgIpc) is 3.13. The van der Waals surface area contributed by atoms with E-state index in [0.717, 1.165) is 16.9 Å². The number of rotatable bonds is 2. The molecule has 0 saturated heterocycles. The molecule has 1 atom stereocenters. The molecule has 0 fully saturated rings. The summed E-state index contributed by atoms with van der Waals surface area (Å²) < 4.78 is 16.6. The summed E-state index contributed by atoms with van der Waals surface area (Å²) in [5.41, 5.74) is 4.46. The van der Waals surface area contributed by atoms with Crippen molar-refractivity contribution < 1.29 is 9.18 Å². The lowest BCUT2D eigenvalue weighted by Crippen LogP contribution is -2.44. The molecular formula is C22H22FN3O. The van der Waals surface area contributed by atoms with Crippen molar-refractivity contribution in [2.24, 2.45) is 0 Å². The highest BCUT2D eigenvalue weighted by Crippen LogP contribution is 2.34. The summed E-state index contributed by atoms with van der Waals surface area (Å²) in [6, 6.07) is 15.7. The van der Waals surface area contributed by atoms with Gasteiger partial charge < -0.3 is 14.8 Å². The first-order valence-corrected chi connectivity index (χ1v) is 9.09. The van der Waals surface area contributed by atoms with E-state index in [1.165, 1.54) is 11.6 Å². The number of nitrogens with zero attached hydrogens (tertiary/aromatic N) is 2. The van der Waals surface area contributed by atoms with Crippen molar-refractivity contribution in [1.82, 2.24) is 9.47 Å². The Hall–Kier alpha value is -3.08. The highest BCUT2D eigenvalue weighted by molar-refractivity contribution is 5.90. The topological polar surface area (TPSA) is 37.3 Å². The lowest BCUT2D eigenvalue weighted by atomic mass is 9.99. The molecule has 1 unspecified atom stereocenters. The molecule has 5 heteroatoms. The molecule has 0 aliphatic carbocycles. The molecule has 2 heterocycles. The molecule has 4 rings (SSSR count). The second-order valence-electron chi connectivity index (χ2n) is 6.97. The van der Waals surface area contributed by atoms with Crippen LogP contribution in [0.3, 0.4) is 0 Å². The standard InChI is InChI=1S/C22H22FN3O/c1-15-9-10-17(14-16(15)2)24-22(27)26-13-12-25-11-5-8-20(25)21(26)18-6-3-4-7-19(18)23/h3-11,14,21H,12-13H2,1-2H3,(H,24,27). The first-order chi connectivity index (χ1) is 13.0. The minimum atomic E-state index is -0.457. The zero-order chi connectivity index (χ0) is 19.0. The van der Waals surface area contributed by atoms with E-state index in [4.69, 9.17) is 0 Å². The van der Waals surface area contributed by atoms with E-state index in [0.29, 0.717) is 18.7 Å². The number of hydrogen-bond donors (Lipinski definition) is 1. The Morgan fingerprint density at radius 3 is 2.63 bits per heavy atom. The lowest BCUT2D eigenvalue weighted by molar-refractivity contribution is 0.180. The Balaban J connectivity index is 1.69. The number of benzene rings is 2. The second kappa shape index (κ2) is 6.91. The van der Waals surface area contributed by atoms with Crippen molar-refractivity contribution in [3.63, 3.8) is 0 Å². The normalized spacial score (nSPS) is 16.1. The Morgan fingerprint density at radius 2 is 1.85 bits per heavy atom. The SMILES string of the molecule is Cc1ccc(NC(=O)N2CCn3cccc3C2c2ccccc2F)cc1C. The van der Waals surface area contributed by atoms with Gasteiger partial charge in [0, 0.05) is 36.2 Å². The minimum Gasteiger partial charge on any atom is -0.348 e. The fourth-order valence-corrected chi connectivity index (χ4v) is 3.64. The zero-order valence-corrected chi connectivity index (χ0v) is 15.4. The monoisotopic (exact) mass is 363 g/mol. The summed E-state index contributed by atoms with van der Waals surface area (Å²) >= 11 is 0. The summed E-state index contributed by atoms with van der Waals surface area (Å²) in [6.07, 6.45) is 1.97. The Bertz CT molecular complexity index is 995. The van der Waals surface area contributed by atoms with Gasteiger partial charge >= 0.3 is 6.03 Å². The molecule has 0 radical (unpaired) electrons. The number of amides is 2. The Kier molecular flexibility index (Phi) is 4.44. The van der Waals surface area contributed by atoms with Gasteiger partial charge in [-0.25, -0.2) is 9.18 Å². The third-order valence-electron chi connectivity index (χ3n) is 5.26. The van der Waals surface area contributed by atoms with E-state index in [9.17, 15) is 9.18 Å². The molecular weight excluding hydrogens is 341 g/mol. The molecule has 2 aromatic carbocycles. The fraction of sp³-hybridized carbons (Fsp3) is 0.227. The molecule has 4 nitrogen and oxygen atoms in total. The van der Waals surface area contributed by atoms with E-state index < -0.39 is 6.04 Å². The summed E-state index contributed by atoms with van der Waals surface area (Å²) in [5, 5.41) is 2.98. The van der Waals surface area contributed by atoms with E-state index in [2.05, 4.69) is 9.88 Å². The van der Waals surface area contributed by atoms with Gasteiger partial charge in [0.25, 0.3) is 0 Å². The minimum absolute atomic E-state index is 0.223. The molecule has 2 amide bonds. The molecule has 138 valence electrons. The molecule has 0 spiro atoms. The van der Waals surface area contributed by atoms with Crippen LogP contribution in [0.25, 0.3) is 0 Å². The van der Waals surface area contributed by atoms with Crippen LogP contribution >= 0.6 is 0 Å². The van der Waals surface area contributed by atoms with E-state index in [-0.39, 0.29) is 11.8 Å². The van der Waals surface area contributed by atoms with Crippen LogP contribution in [0, 0.1) is 19.7 Å². The van der Waals surface area contributed by atoms with Crippen molar-refractivity contribution in [2.45, 2.75) is 26.4 Å². The highest BCUT2D eigenvalue weighted by Gasteiger charge is 2.33. The van der Waals surface area contributed by atoms with Gasteiger partial charge in [-0.3, -0.25) is 0 Å². The van der Waals surface area contributed by atoms with Crippen LogP contribution in [-0.4, -0.2) is 22.0 Å². The predicted octanol–water partition coefficient (Wildman–Crippen LogP) is 4.88. The molecule has 1 aliphatic heterocycles. The van der Waals surface area contributed by atoms with Crippen LogP contribution in [-0.2, 0) is 6.54 Å². The number of urea groups is 1. The molecule has 27 heavy (non-hydrogen) atoms. The average molecular weight is 363 g/mol. The van der Waals surface area contributed by atoms with E-state index in [1.54, 1.807) is 23.1 Å². The molecule has 0 bridgehead atoms. The Labute approximate surface area is 158 Å². The van der Waals surface area contributed by atoms with Crippen molar-refractivity contribution in [2.75, 3.05) is 11.9 Å². The van der Waals surface area contributed by atoms with E-state index >= 15 is 0 Å². The van der Waals surface area contributed by atoms with Crippen LogP contribution in [0.2, 0.25) is 0 Å². The molecule has 3 aromatic rings. The van der Waals surface area contributed by atoms with Gasteiger partial charge in [-0.2, -0.15) is 0 Å². The number of carbonyl (C=O) groups is 1. The van der Waals surface area contributed by atoms with Gasteiger partial charge in [-0.05, 0) is 55.3 Å². The summed E-state index contributed by atoms with van der Waals surface area (Å²) in [6.45, 7) is 5.25. The van der Waals surface area contributed by atoms with Gasteiger partial charge in [0.05, 0.1) is 0 Å². The number of nitrogens with one attached hydrogen (secondary N) is 1. The molecule has 0 saturated carbocycles. The van der Waals surface area contributed by atoms with Gasteiger partial charge in [0.15, 0.2) is 0 Å². The van der Waals surface area contributed by atoms with Gasteiger partial charge in [0.2, 0.25) is 0 Å². The number of halogens is 1. The van der Waals surface area contributed by atoms with Crippen molar-refractivity contribution in [3.8, 4) is 0 Å². The van der Waals surface area contributed by atoms with Crippen LogP contribution in [0.4, 0.5) is 14.9 Å². The number of fused-ring (bicyclic) bond motifs is 1. The maximum Gasteiger partial charge on any atom is 0.322 e. The van der Waals surface area contributed by atoms with Gasteiger partial charge in [-0.1, -0.05) is 24.3 Å². The number of aromatic nitrogens is 1. The molecule has 1 aliphatic rings. The largest absolute Gasteiger partial charge is 0.348 e. The summed E-state index contributed by atoms with van der Waals surface area (Å²) in [7, 11) is 0. The van der Waals surface area contributed by atoms with E-state index in [1.807, 2.05) is 50.4 Å². The molecule has 1 N–H and O–H groups in total. The van der Waals surface area contributed by atoms with Crippen LogP contribution < -0.4 is 5.32 Å². The van der Waals surface area contributed by atoms with Crippen LogP contribution in [0.1, 0.15) is 28.4 Å². The van der Waals surface area contributed by atoms with Gasteiger partial charge in [0.1, 0.15) is 11.9 Å². The first kappa shape index (κ1) is 17.3. The van der Waals surface area contributed by atoms with Crippen molar-refractivity contribution >= 4 is 11.7 Å². The maximum atomic E-state index is 14.6. The third kappa shape index (κ3) is 3.21. The lowest BCUT2D eigenvalue weighted by Gasteiger charge is -2.37. The number of hydrogen-bond acceptors (Lipinski definition) is 1. The second-order valence-corrected chi connectivity index (χ2v) is 6.97. The Morgan fingerprint density at radius 1 is 1.04 bits per heavy atom. The number of aryl methyl sites for hydroxylation is 2. The highest BCUT2D eigenvalue weighted by atomic mass is 19.1. The third-order valence-corrected chi connectivity index (χ3v) is 5.26. The number of anilines is 1. The quantitative estimate of drug-likeness (QED) is 0.692. The molecule has 1 aromatic heterocycles. The predicted molar refractivity (Wildman–Crippen MR) is 104 cm³/mol. The first-order valence-electron chi connectivity index (χ1n) is 9.09. The van der Waals surface area contributed by atoms with Crippen molar-refractivity contribution in [3.05, 3.63) is 89.0 Å². The van der Waals surface area contributed by atoms with Crippen LogP contribution in [0.15, 0.2) is 60.8 Å². The van der Waals surface area contributed by atoms with Gasteiger partial charge in [-0.15, -0.1) is 0 Å². The summed E-state index contributed by atoms with van der Waals surface area (Å²) in [5.74, 6) is -0.305. The number of carbonyl (C=O) groups excluding carboxylic acids is 1.